The van der Waals surface area contributed by atoms with Crippen LogP contribution in [0.1, 0.15) is 47.0 Å². The molecule has 2 aliphatic rings. The summed E-state index contributed by atoms with van der Waals surface area (Å²) >= 11 is 0. The zero-order chi connectivity index (χ0) is 14.3. The van der Waals surface area contributed by atoms with Crippen LogP contribution in [-0.4, -0.2) is 25.8 Å². The van der Waals surface area contributed by atoms with Gasteiger partial charge in [0.05, 0.1) is 6.10 Å². The third kappa shape index (κ3) is 2.07. The first-order valence-corrected chi connectivity index (χ1v) is 7.07. The van der Waals surface area contributed by atoms with Crippen LogP contribution in [0.3, 0.4) is 0 Å². The Balaban J connectivity index is 2.43. The molecule has 3 atom stereocenters. The molecule has 0 radical (unpaired) electrons. The molecule has 0 saturated heterocycles. The summed E-state index contributed by atoms with van der Waals surface area (Å²) in [6.07, 6.45) is 6.68. The highest BCUT2D eigenvalue weighted by molar-refractivity contribution is 5.87. The van der Waals surface area contributed by atoms with Gasteiger partial charge in [-0.3, -0.25) is 4.79 Å². The quantitative estimate of drug-likeness (QED) is 0.580. The largest absolute Gasteiger partial charge is 0.359 e. The van der Waals surface area contributed by atoms with Crippen molar-refractivity contribution < 1.29 is 14.3 Å². The third-order valence-corrected chi connectivity index (χ3v) is 5.37. The average Bonchev–Trinajstić information content (AvgIpc) is 2.31. The van der Waals surface area contributed by atoms with Gasteiger partial charge in [-0.1, -0.05) is 39.8 Å². The molecule has 0 unspecified atom stereocenters. The Hall–Kier alpha value is -0.670. The molecule has 3 heteroatoms. The Bertz CT molecular complexity index is 399. The second-order valence-electron chi connectivity index (χ2n) is 7.17. The Labute approximate surface area is 116 Å². The van der Waals surface area contributed by atoms with Gasteiger partial charge in [0, 0.05) is 24.4 Å². The number of carbonyl (C=O) groups excluding carboxylic acids is 1. The van der Waals surface area contributed by atoms with Crippen molar-refractivity contribution in [2.75, 3.05) is 13.9 Å². The summed E-state index contributed by atoms with van der Waals surface area (Å²) in [4.78, 5) is 12.7. The molecule has 3 nitrogen and oxygen atoms in total. The van der Waals surface area contributed by atoms with Gasteiger partial charge in [0.15, 0.2) is 0 Å². The smallest absolute Gasteiger partial charge is 0.146 e. The first-order chi connectivity index (χ1) is 8.78. The van der Waals surface area contributed by atoms with E-state index < -0.39 is 0 Å². The first kappa shape index (κ1) is 14.7. The zero-order valence-corrected chi connectivity index (χ0v) is 12.8. The first-order valence-electron chi connectivity index (χ1n) is 7.07. The standard InChI is InChI=1S/C16H26O3/c1-14(2)10-12(17)15(3)8-6-7-9-16(15,4)13(14)19-11-18-5/h6-7,13H,8-11H2,1-5H3/t13-,15+,16-/m0/s1. The number of ether oxygens (including phenoxy) is 2. The molecule has 19 heavy (non-hydrogen) atoms. The Morgan fingerprint density at radius 2 is 1.84 bits per heavy atom. The second-order valence-corrected chi connectivity index (χ2v) is 7.17. The van der Waals surface area contributed by atoms with E-state index in [9.17, 15) is 4.79 Å². The average molecular weight is 266 g/mol. The molecule has 2 aliphatic carbocycles. The van der Waals surface area contributed by atoms with Crippen molar-refractivity contribution in [3.05, 3.63) is 12.2 Å². The van der Waals surface area contributed by atoms with E-state index in [2.05, 4.69) is 39.8 Å². The van der Waals surface area contributed by atoms with Crippen molar-refractivity contribution >= 4 is 5.78 Å². The monoisotopic (exact) mass is 266 g/mol. The molecule has 0 aromatic carbocycles. The number of methoxy groups -OCH3 is 1. The SMILES string of the molecule is COCO[C@H]1C(C)(C)CC(=O)[C@@]2(C)CC=CC[C@@]12C. The second kappa shape index (κ2) is 4.71. The Morgan fingerprint density at radius 3 is 2.47 bits per heavy atom. The lowest BCUT2D eigenvalue weighted by atomic mass is 9.46. The minimum Gasteiger partial charge on any atom is -0.359 e. The van der Waals surface area contributed by atoms with Crippen LogP contribution >= 0.6 is 0 Å². The predicted octanol–water partition coefficient (Wildman–Crippen LogP) is 3.34. The maximum Gasteiger partial charge on any atom is 0.146 e. The van der Waals surface area contributed by atoms with E-state index in [4.69, 9.17) is 9.47 Å². The van der Waals surface area contributed by atoms with Gasteiger partial charge in [0.1, 0.15) is 12.6 Å². The molecular formula is C16H26O3. The lowest BCUT2D eigenvalue weighted by Gasteiger charge is -2.59. The van der Waals surface area contributed by atoms with E-state index in [0.717, 1.165) is 12.8 Å². The summed E-state index contributed by atoms with van der Waals surface area (Å²) in [5.41, 5.74) is -0.607. The van der Waals surface area contributed by atoms with Crippen LogP contribution in [0.15, 0.2) is 12.2 Å². The number of fused-ring (bicyclic) bond motifs is 1. The summed E-state index contributed by atoms with van der Waals surface area (Å²) in [6.45, 7) is 8.87. The van der Waals surface area contributed by atoms with Gasteiger partial charge >= 0.3 is 0 Å². The van der Waals surface area contributed by atoms with Crippen molar-refractivity contribution in [3.63, 3.8) is 0 Å². The maximum absolute atomic E-state index is 12.7. The maximum atomic E-state index is 12.7. The van der Waals surface area contributed by atoms with Crippen molar-refractivity contribution in [1.82, 2.24) is 0 Å². The van der Waals surface area contributed by atoms with Crippen molar-refractivity contribution in [1.29, 1.82) is 0 Å². The summed E-state index contributed by atoms with van der Waals surface area (Å²) in [7, 11) is 1.64. The molecular weight excluding hydrogens is 240 g/mol. The van der Waals surface area contributed by atoms with Gasteiger partial charge in [-0.25, -0.2) is 0 Å². The topological polar surface area (TPSA) is 35.5 Å². The van der Waals surface area contributed by atoms with Crippen LogP contribution in [0, 0.1) is 16.2 Å². The van der Waals surface area contributed by atoms with Crippen molar-refractivity contribution in [2.45, 2.75) is 53.1 Å². The zero-order valence-electron chi connectivity index (χ0n) is 12.8. The van der Waals surface area contributed by atoms with E-state index in [0.29, 0.717) is 12.2 Å². The summed E-state index contributed by atoms with van der Waals surface area (Å²) in [5, 5.41) is 0. The van der Waals surface area contributed by atoms with E-state index >= 15 is 0 Å². The summed E-state index contributed by atoms with van der Waals surface area (Å²) < 4.78 is 11.1. The molecule has 0 aromatic rings. The fraction of sp³-hybridized carbons (Fsp3) is 0.812. The fourth-order valence-electron chi connectivity index (χ4n) is 4.04. The van der Waals surface area contributed by atoms with Gasteiger partial charge in [-0.05, 0) is 18.3 Å². The van der Waals surface area contributed by atoms with Crippen LogP contribution in [0.2, 0.25) is 0 Å². The van der Waals surface area contributed by atoms with E-state index in [1.807, 2.05) is 0 Å². The number of allylic oxidation sites excluding steroid dienone is 2. The summed E-state index contributed by atoms with van der Waals surface area (Å²) in [5.74, 6) is 0.376. The summed E-state index contributed by atoms with van der Waals surface area (Å²) in [6, 6.07) is 0. The molecule has 0 bridgehead atoms. The van der Waals surface area contributed by atoms with Gasteiger partial charge in [-0.2, -0.15) is 0 Å². The minimum atomic E-state index is -0.310. The molecule has 1 fully saturated rings. The number of Topliss-reactive ketones (excluding diaryl/α,β-unsaturated/α-hetero) is 1. The van der Waals surface area contributed by atoms with Gasteiger partial charge in [-0.15, -0.1) is 0 Å². The highest BCUT2D eigenvalue weighted by Crippen LogP contribution is 2.60. The Morgan fingerprint density at radius 1 is 1.21 bits per heavy atom. The lowest BCUT2D eigenvalue weighted by molar-refractivity contribution is -0.212. The molecule has 0 spiro atoms. The van der Waals surface area contributed by atoms with E-state index in [-0.39, 0.29) is 29.1 Å². The van der Waals surface area contributed by atoms with Crippen LogP contribution in [-0.2, 0) is 14.3 Å². The van der Waals surface area contributed by atoms with Crippen LogP contribution in [0.25, 0.3) is 0 Å². The number of carbonyl (C=O) groups is 1. The molecule has 0 heterocycles. The van der Waals surface area contributed by atoms with E-state index in [1.165, 1.54) is 0 Å². The lowest BCUT2D eigenvalue weighted by Crippen LogP contribution is -2.62. The van der Waals surface area contributed by atoms with Crippen molar-refractivity contribution in [2.24, 2.45) is 16.2 Å². The number of hydrogen-bond donors (Lipinski definition) is 0. The van der Waals surface area contributed by atoms with E-state index in [1.54, 1.807) is 7.11 Å². The van der Waals surface area contributed by atoms with Crippen molar-refractivity contribution in [3.8, 4) is 0 Å². The molecule has 0 aromatic heterocycles. The van der Waals surface area contributed by atoms with Gasteiger partial charge in [0.2, 0.25) is 0 Å². The molecule has 0 N–H and O–H groups in total. The Kier molecular flexibility index (Phi) is 3.65. The van der Waals surface area contributed by atoms with Crippen LogP contribution in [0.4, 0.5) is 0 Å². The highest BCUT2D eigenvalue weighted by Gasteiger charge is 2.62. The van der Waals surface area contributed by atoms with Crippen LogP contribution in [0.5, 0.6) is 0 Å². The number of ketones is 1. The number of rotatable bonds is 3. The van der Waals surface area contributed by atoms with Crippen LogP contribution < -0.4 is 0 Å². The highest BCUT2D eigenvalue weighted by atomic mass is 16.7. The minimum absolute atomic E-state index is 0.0348. The molecule has 108 valence electrons. The van der Waals surface area contributed by atoms with Gasteiger partial charge < -0.3 is 9.47 Å². The molecule has 2 rings (SSSR count). The molecule has 1 saturated carbocycles. The molecule has 0 aliphatic heterocycles. The normalized spacial score (nSPS) is 41.1. The predicted molar refractivity (Wildman–Crippen MR) is 74.7 cm³/mol. The number of hydrogen-bond acceptors (Lipinski definition) is 3. The fourth-order valence-corrected chi connectivity index (χ4v) is 4.04. The van der Waals surface area contributed by atoms with Gasteiger partial charge in [0.25, 0.3) is 0 Å². The molecule has 0 amide bonds. The third-order valence-electron chi connectivity index (χ3n) is 5.37.